The van der Waals surface area contributed by atoms with Crippen molar-refractivity contribution in [3.63, 3.8) is 0 Å². The Balaban J connectivity index is 1.90. The van der Waals surface area contributed by atoms with Crippen LogP contribution in [-0.4, -0.2) is 36.0 Å². The SMILES string of the molecule is CN(C)C1CCC(/C=C(/C#N)C2CCC([N+](=O)[O-])CC2)CC1. The zero-order chi connectivity index (χ0) is 16.1. The van der Waals surface area contributed by atoms with Gasteiger partial charge in [-0.1, -0.05) is 6.08 Å². The molecule has 0 aromatic rings. The van der Waals surface area contributed by atoms with Crippen molar-refractivity contribution >= 4 is 0 Å². The normalized spacial score (nSPS) is 33.5. The van der Waals surface area contributed by atoms with Crippen molar-refractivity contribution in [2.24, 2.45) is 11.8 Å². The fraction of sp³-hybridized carbons (Fsp3) is 0.824. The number of nitriles is 1. The number of nitro groups is 1. The molecule has 0 N–H and O–H groups in total. The highest BCUT2D eigenvalue weighted by atomic mass is 16.6. The Hall–Kier alpha value is -1.41. The third-order valence-electron chi connectivity index (χ3n) is 5.45. The van der Waals surface area contributed by atoms with E-state index in [2.05, 4.69) is 31.1 Å². The van der Waals surface area contributed by atoms with Crippen molar-refractivity contribution < 1.29 is 4.92 Å². The predicted octanol–water partition coefficient (Wildman–Crippen LogP) is 3.39. The lowest BCUT2D eigenvalue weighted by molar-refractivity contribution is -0.526. The van der Waals surface area contributed by atoms with Gasteiger partial charge in [-0.3, -0.25) is 10.1 Å². The van der Waals surface area contributed by atoms with Crippen LogP contribution in [0.5, 0.6) is 0 Å². The van der Waals surface area contributed by atoms with E-state index >= 15 is 0 Å². The van der Waals surface area contributed by atoms with Crippen LogP contribution in [0.2, 0.25) is 0 Å². The van der Waals surface area contributed by atoms with Crippen LogP contribution >= 0.6 is 0 Å². The molecule has 0 bridgehead atoms. The van der Waals surface area contributed by atoms with Crippen LogP contribution in [0.25, 0.3) is 0 Å². The van der Waals surface area contributed by atoms with Gasteiger partial charge in [0.15, 0.2) is 0 Å². The molecule has 0 unspecified atom stereocenters. The molecule has 22 heavy (non-hydrogen) atoms. The molecule has 5 nitrogen and oxygen atoms in total. The molecule has 0 atom stereocenters. The molecule has 2 fully saturated rings. The smallest absolute Gasteiger partial charge is 0.213 e. The van der Waals surface area contributed by atoms with Gasteiger partial charge in [0.05, 0.1) is 6.07 Å². The van der Waals surface area contributed by atoms with Crippen LogP contribution in [-0.2, 0) is 0 Å². The molecule has 2 saturated carbocycles. The van der Waals surface area contributed by atoms with Crippen LogP contribution in [0.4, 0.5) is 0 Å². The zero-order valence-electron chi connectivity index (χ0n) is 13.7. The van der Waals surface area contributed by atoms with E-state index in [4.69, 9.17) is 0 Å². The number of rotatable bonds is 4. The van der Waals surface area contributed by atoms with E-state index in [9.17, 15) is 15.4 Å². The molecule has 0 aromatic heterocycles. The molecule has 122 valence electrons. The molecule has 2 rings (SSSR count). The summed E-state index contributed by atoms with van der Waals surface area (Å²) in [6.07, 6.45) is 9.69. The monoisotopic (exact) mass is 305 g/mol. The van der Waals surface area contributed by atoms with Crippen LogP contribution in [0.15, 0.2) is 11.6 Å². The number of hydrogen-bond acceptors (Lipinski definition) is 4. The Bertz CT molecular complexity index is 451. The van der Waals surface area contributed by atoms with Crippen molar-refractivity contribution in [2.45, 2.75) is 63.5 Å². The van der Waals surface area contributed by atoms with Gasteiger partial charge < -0.3 is 4.90 Å². The van der Waals surface area contributed by atoms with Crippen LogP contribution < -0.4 is 0 Å². The maximum Gasteiger partial charge on any atom is 0.213 e. The molecular weight excluding hydrogens is 278 g/mol. The Morgan fingerprint density at radius 2 is 1.73 bits per heavy atom. The Labute approximate surface area is 133 Å². The number of nitrogens with zero attached hydrogens (tertiary/aromatic N) is 3. The van der Waals surface area contributed by atoms with Crippen LogP contribution in [0.1, 0.15) is 51.4 Å². The van der Waals surface area contributed by atoms with Crippen molar-refractivity contribution in [3.8, 4) is 6.07 Å². The van der Waals surface area contributed by atoms with E-state index < -0.39 is 6.04 Å². The van der Waals surface area contributed by atoms with E-state index in [1.54, 1.807) is 0 Å². The van der Waals surface area contributed by atoms with E-state index in [1.807, 2.05) is 0 Å². The van der Waals surface area contributed by atoms with Crippen LogP contribution in [0, 0.1) is 33.3 Å². The number of allylic oxidation sites excluding steroid dienone is 2. The van der Waals surface area contributed by atoms with Gasteiger partial charge >= 0.3 is 0 Å². The minimum absolute atomic E-state index is 0.158. The first-order valence-corrected chi connectivity index (χ1v) is 8.43. The largest absolute Gasteiger partial charge is 0.306 e. The highest BCUT2D eigenvalue weighted by molar-refractivity contribution is 5.25. The fourth-order valence-electron chi connectivity index (χ4n) is 3.90. The van der Waals surface area contributed by atoms with Gasteiger partial charge in [-0.25, -0.2) is 0 Å². The average molecular weight is 305 g/mol. The lowest BCUT2D eigenvalue weighted by atomic mass is 9.78. The summed E-state index contributed by atoms with van der Waals surface area (Å²) in [6.45, 7) is 0. The molecule has 0 saturated heterocycles. The highest BCUT2D eigenvalue weighted by Crippen LogP contribution is 2.34. The molecule has 0 aliphatic heterocycles. The van der Waals surface area contributed by atoms with Gasteiger partial charge in [-0.2, -0.15) is 5.26 Å². The number of hydrogen-bond donors (Lipinski definition) is 0. The lowest BCUT2D eigenvalue weighted by Crippen LogP contribution is -2.32. The summed E-state index contributed by atoms with van der Waals surface area (Å²) < 4.78 is 0. The highest BCUT2D eigenvalue weighted by Gasteiger charge is 2.31. The second-order valence-electron chi connectivity index (χ2n) is 7.06. The quantitative estimate of drug-likeness (QED) is 0.453. The molecule has 2 aliphatic rings. The average Bonchev–Trinajstić information content (AvgIpc) is 2.53. The Kier molecular flexibility index (Phi) is 5.96. The van der Waals surface area contributed by atoms with Gasteiger partial charge in [0.25, 0.3) is 0 Å². The minimum atomic E-state index is -0.397. The second kappa shape index (κ2) is 7.73. The van der Waals surface area contributed by atoms with E-state index in [0.29, 0.717) is 24.8 Å². The van der Waals surface area contributed by atoms with Gasteiger partial charge in [0.1, 0.15) is 0 Å². The topological polar surface area (TPSA) is 70.2 Å². The maximum atomic E-state index is 10.8. The molecular formula is C17H27N3O2. The third kappa shape index (κ3) is 4.30. The fourth-order valence-corrected chi connectivity index (χ4v) is 3.90. The Morgan fingerprint density at radius 3 is 2.18 bits per heavy atom. The molecule has 5 heteroatoms. The molecule has 0 heterocycles. The van der Waals surface area contributed by atoms with Crippen molar-refractivity contribution in [2.75, 3.05) is 14.1 Å². The van der Waals surface area contributed by atoms with E-state index in [-0.39, 0.29) is 10.8 Å². The standard InChI is InChI=1S/C17H27N3O2/c1-19(2)16-7-3-13(4-8-16)11-15(12-18)14-5-9-17(10-6-14)20(21)22/h11,13-14,16-17H,3-10H2,1-2H3/b15-11-. The Morgan fingerprint density at radius 1 is 1.14 bits per heavy atom. The first-order chi connectivity index (χ1) is 10.5. The first-order valence-electron chi connectivity index (χ1n) is 8.43. The molecule has 0 aromatic carbocycles. The van der Waals surface area contributed by atoms with Gasteiger partial charge in [-0.05, 0) is 64.5 Å². The zero-order valence-corrected chi connectivity index (χ0v) is 13.7. The predicted molar refractivity (Wildman–Crippen MR) is 85.9 cm³/mol. The molecule has 0 spiro atoms. The lowest BCUT2D eigenvalue weighted by Gasteiger charge is -2.32. The summed E-state index contributed by atoms with van der Waals surface area (Å²) in [7, 11) is 4.27. The second-order valence-corrected chi connectivity index (χ2v) is 7.06. The first kappa shape index (κ1) is 17.0. The van der Waals surface area contributed by atoms with Crippen molar-refractivity contribution in [3.05, 3.63) is 21.8 Å². The summed E-state index contributed by atoms with van der Waals surface area (Å²) in [5, 5.41) is 20.3. The van der Waals surface area contributed by atoms with Crippen molar-refractivity contribution in [1.82, 2.24) is 4.90 Å². The van der Waals surface area contributed by atoms with Gasteiger partial charge in [-0.15, -0.1) is 0 Å². The van der Waals surface area contributed by atoms with E-state index in [1.165, 1.54) is 12.8 Å². The summed E-state index contributed by atoms with van der Waals surface area (Å²) >= 11 is 0. The van der Waals surface area contributed by atoms with Gasteiger partial charge in [0, 0.05) is 29.4 Å². The van der Waals surface area contributed by atoms with E-state index in [0.717, 1.165) is 31.3 Å². The minimum Gasteiger partial charge on any atom is -0.306 e. The van der Waals surface area contributed by atoms with Gasteiger partial charge in [0.2, 0.25) is 6.04 Å². The summed E-state index contributed by atoms with van der Waals surface area (Å²) in [5.41, 5.74) is 0.884. The summed E-state index contributed by atoms with van der Waals surface area (Å²) in [6, 6.07) is 2.65. The third-order valence-corrected chi connectivity index (χ3v) is 5.45. The summed E-state index contributed by atoms with van der Waals surface area (Å²) in [4.78, 5) is 13.0. The summed E-state index contributed by atoms with van der Waals surface area (Å²) in [5.74, 6) is 0.756. The molecule has 2 aliphatic carbocycles. The molecule has 0 amide bonds. The van der Waals surface area contributed by atoms with Crippen LogP contribution in [0.3, 0.4) is 0 Å². The van der Waals surface area contributed by atoms with Crippen molar-refractivity contribution in [1.29, 1.82) is 5.26 Å². The maximum absolute atomic E-state index is 10.8. The molecule has 0 radical (unpaired) electrons.